The Morgan fingerprint density at radius 3 is 3.06 bits per heavy atom. The molecule has 1 amide bonds. The summed E-state index contributed by atoms with van der Waals surface area (Å²) < 4.78 is 0. The number of aromatic amines is 1. The lowest BCUT2D eigenvalue weighted by atomic mass is 10.0. The number of aromatic nitrogens is 1. The molecule has 0 saturated carbocycles. The molecular formula is C12H12N2OS. The molecule has 0 unspecified atom stereocenters. The lowest BCUT2D eigenvalue weighted by molar-refractivity contribution is 0.0942. The van der Waals surface area contributed by atoms with Crippen LogP contribution in [-0.2, 0) is 6.42 Å². The van der Waals surface area contributed by atoms with Gasteiger partial charge in [-0.25, -0.2) is 0 Å². The Kier molecular flexibility index (Phi) is 2.17. The van der Waals surface area contributed by atoms with E-state index in [1.807, 2.05) is 6.07 Å². The molecule has 2 N–H and O–H groups in total. The van der Waals surface area contributed by atoms with E-state index in [0.717, 1.165) is 29.7 Å². The predicted octanol–water partition coefficient (Wildman–Crippen LogP) is 2.18. The van der Waals surface area contributed by atoms with E-state index < -0.39 is 0 Å². The van der Waals surface area contributed by atoms with Crippen LogP contribution in [0.25, 0.3) is 10.9 Å². The number of thioether (sulfide) groups is 1. The van der Waals surface area contributed by atoms with Gasteiger partial charge in [-0.2, -0.15) is 0 Å². The Hall–Kier alpha value is -1.42. The highest BCUT2D eigenvalue weighted by Gasteiger charge is 2.21. The number of carbonyl (C=O) groups is 1. The first kappa shape index (κ1) is 9.78. The summed E-state index contributed by atoms with van der Waals surface area (Å²) in [6, 6.07) is 6.29. The van der Waals surface area contributed by atoms with Crippen molar-refractivity contribution in [3.63, 3.8) is 0 Å². The number of H-pyrrole nitrogens is 1. The fourth-order valence-corrected chi connectivity index (χ4v) is 2.64. The van der Waals surface area contributed by atoms with E-state index in [0.29, 0.717) is 0 Å². The zero-order valence-electron chi connectivity index (χ0n) is 8.96. The molecule has 2 heterocycles. The van der Waals surface area contributed by atoms with Crippen molar-refractivity contribution >= 4 is 28.6 Å². The summed E-state index contributed by atoms with van der Waals surface area (Å²) >= 11 is 1.72. The summed E-state index contributed by atoms with van der Waals surface area (Å²) in [6.45, 7) is 0.738. The lowest BCUT2D eigenvalue weighted by Gasteiger charge is -2.11. The maximum atomic E-state index is 11.7. The van der Waals surface area contributed by atoms with E-state index in [2.05, 4.69) is 28.7 Å². The third-order valence-corrected chi connectivity index (χ3v) is 3.73. The first-order chi connectivity index (χ1) is 7.79. The van der Waals surface area contributed by atoms with Crippen molar-refractivity contribution in [2.24, 2.45) is 0 Å². The smallest absolute Gasteiger partial charge is 0.268 e. The minimum Gasteiger partial charge on any atom is -0.350 e. The number of nitrogens with one attached hydrogen (secondary N) is 2. The summed E-state index contributed by atoms with van der Waals surface area (Å²) in [7, 11) is 0. The Morgan fingerprint density at radius 1 is 1.38 bits per heavy atom. The molecule has 1 aliphatic rings. The van der Waals surface area contributed by atoms with Crippen LogP contribution in [0.3, 0.4) is 0 Å². The molecule has 0 radical (unpaired) electrons. The minimum absolute atomic E-state index is 0.0168. The normalized spacial score (nSPS) is 14.9. The minimum atomic E-state index is 0.0168. The average Bonchev–Trinajstić information content (AvgIpc) is 2.68. The van der Waals surface area contributed by atoms with Crippen LogP contribution in [0.4, 0.5) is 0 Å². The van der Waals surface area contributed by atoms with Crippen LogP contribution in [0.5, 0.6) is 0 Å². The van der Waals surface area contributed by atoms with E-state index in [4.69, 9.17) is 0 Å². The van der Waals surface area contributed by atoms with Gasteiger partial charge in [0.1, 0.15) is 5.69 Å². The molecule has 82 valence electrons. The zero-order valence-corrected chi connectivity index (χ0v) is 9.78. The fraction of sp³-hybridized carbons (Fsp3) is 0.250. The largest absolute Gasteiger partial charge is 0.350 e. The van der Waals surface area contributed by atoms with E-state index in [1.165, 1.54) is 10.3 Å². The number of carbonyl (C=O) groups excluding carboxylic acids is 1. The highest BCUT2D eigenvalue weighted by atomic mass is 32.2. The molecule has 0 aliphatic carbocycles. The van der Waals surface area contributed by atoms with E-state index in [9.17, 15) is 4.79 Å². The molecular weight excluding hydrogens is 220 g/mol. The van der Waals surface area contributed by atoms with Crippen LogP contribution < -0.4 is 5.32 Å². The van der Waals surface area contributed by atoms with E-state index in [1.54, 1.807) is 11.8 Å². The zero-order chi connectivity index (χ0) is 11.1. The molecule has 16 heavy (non-hydrogen) atoms. The van der Waals surface area contributed by atoms with Gasteiger partial charge in [-0.1, -0.05) is 0 Å². The van der Waals surface area contributed by atoms with Gasteiger partial charge in [0.15, 0.2) is 0 Å². The fourth-order valence-electron chi connectivity index (χ4n) is 2.20. The summed E-state index contributed by atoms with van der Waals surface area (Å²) in [5.41, 5.74) is 2.95. The van der Waals surface area contributed by atoms with Gasteiger partial charge in [-0.15, -0.1) is 11.8 Å². The average molecular weight is 232 g/mol. The van der Waals surface area contributed by atoms with Gasteiger partial charge in [0.2, 0.25) is 0 Å². The SMILES string of the molecule is CSc1ccc2[nH]c3c(c2c1)CCNC3=O. The summed E-state index contributed by atoms with van der Waals surface area (Å²) in [5, 5.41) is 4.04. The predicted molar refractivity (Wildman–Crippen MR) is 66.1 cm³/mol. The first-order valence-electron chi connectivity index (χ1n) is 5.26. The monoisotopic (exact) mass is 232 g/mol. The maximum Gasteiger partial charge on any atom is 0.268 e. The lowest BCUT2D eigenvalue weighted by Crippen LogP contribution is -2.31. The van der Waals surface area contributed by atoms with Crippen molar-refractivity contribution < 1.29 is 4.79 Å². The van der Waals surface area contributed by atoms with Crippen molar-refractivity contribution in [1.82, 2.24) is 10.3 Å². The van der Waals surface area contributed by atoms with Gasteiger partial charge in [0.05, 0.1) is 0 Å². The molecule has 0 saturated heterocycles. The first-order valence-corrected chi connectivity index (χ1v) is 6.49. The number of benzene rings is 1. The molecule has 3 nitrogen and oxygen atoms in total. The Bertz CT molecular complexity index is 574. The molecule has 1 aliphatic heterocycles. The van der Waals surface area contributed by atoms with Crippen LogP contribution in [0.1, 0.15) is 16.1 Å². The van der Waals surface area contributed by atoms with Crippen LogP contribution in [0.15, 0.2) is 23.1 Å². The van der Waals surface area contributed by atoms with Crippen LogP contribution in [-0.4, -0.2) is 23.7 Å². The van der Waals surface area contributed by atoms with E-state index in [-0.39, 0.29) is 5.91 Å². The molecule has 1 aromatic heterocycles. The van der Waals surface area contributed by atoms with Crippen molar-refractivity contribution in [1.29, 1.82) is 0 Å². The van der Waals surface area contributed by atoms with Crippen LogP contribution in [0, 0.1) is 0 Å². The van der Waals surface area contributed by atoms with Gasteiger partial charge in [-0.3, -0.25) is 4.79 Å². The number of rotatable bonds is 1. The second kappa shape index (κ2) is 3.56. The Labute approximate surface area is 97.6 Å². The Balaban J connectivity index is 2.29. The maximum absolute atomic E-state index is 11.7. The van der Waals surface area contributed by atoms with Gasteiger partial charge >= 0.3 is 0 Å². The van der Waals surface area contributed by atoms with Crippen LogP contribution >= 0.6 is 11.8 Å². The molecule has 4 heteroatoms. The molecule has 3 rings (SSSR count). The van der Waals surface area contributed by atoms with Gasteiger partial charge in [0, 0.05) is 22.3 Å². The Morgan fingerprint density at radius 2 is 2.25 bits per heavy atom. The number of hydrogen-bond donors (Lipinski definition) is 2. The van der Waals surface area contributed by atoms with Crippen LogP contribution in [0.2, 0.25) is 0 Å². The third kappa shape index (κ3) is 1.33. The molecule has 0 spiro atoms. The van der Waals surface area contributed by atoms with Gasteiger partial charge < -0.3 is 10.3 Å². The van der Waals surface area contributed by atoms with Gasteiger partial charge in [-0.05, 0) is 36.4 Å². The molecule has 0 bridgehead atoms. The van der Waals surface area contributed by atoms with Crippen molar-refractivity contribution in [3.8, 4) is 0 Å². The highest BCUT2D eigenvalue weighted by Crippen LogP contribution is 2.28. The van der Waals surface area contributed by atoms with Crippen molar-refractivity contribution in [2.45, 2.75) is 11.3 Å². The topological polar surface area (TPSA) is 44.9 Å². The number of hydrogen-bond acceptors (Lipinski definition) is 2. The number of amides is 1. The van der Waals surface area contributed by atoms with Gasteiger partial charge in [0.25, 0.3) is 5.91 Å². The van der Waals surface area contributed by atoms with Crippen molar-refractivity contribution in [3.05, 3.63) is 29.5 Å². The quantitative estimate of drug-likeness (QED) is 0.740. The summed E-state index contributed by atoms with van der Waals surface area (Å²) in [5.74, 6) is 0.0168. The number of fused-ring (bicyclic) bond motifs is 3. The molecule has 0 fully saturated rings. The second-order valence-electron chi connectivity index (χ2n) is 3.90. The molecule has 0 atom stereocenters. The summed E-state index contributed by atoms with van der Waals surface area (Å²) in [4.78, 5) is 16.1. The molecule has 2 aromatic rings. The van der Waals surface area contributed by atoms with E-state index >= 15 is 0 Å². The second-order valence-corrected chi connectivity index (χ2v) is 4.78. The summed E-state index contributed by atoms with van der Waals surface area (Å²) in [6.07, 6.45) is 2.98. The standard InChI is InChI=1S/C12H12N2OS/c1-16-7-2-3-10-9(6-7)8-4-5-13-12(15)11(8)14-10/h2-3,6,14H,4-5H2,1H3,(H,13,15). The molecule has 1 aromatic carbocycles. The van der Waals surface area contributed by atoms with Crippen molar-refractivity contribution in [2.75, 3.05) is 12.8 Å². The highest BCUT2D eigenvalue weighted by molar-refractivity contribution is 7.98. The third-order valence-electron chi connectivity index (χ3n) is 3.00.